The van der Waals surface area contributed by atoms with Crippen LogP contribution in [0.4, 0.5) is 13.2 Å². The quantitative estimate of drug-likeness (QED) is 0.689. The standard InChI is InChI=1S/C19H17F3N4O2/c1-2-14(24-16(27)10-12-6-4-3-5-7-12)18-25-17(26-28-18)13-8-9-23-15(11-13)19(20,21)22/h3-9,11,14H,2,10H2,1H3,(H,24,27). The number of hydrogen-bond acceptors (Lipinski definition) is 5. The highest BCUT2D eigenvalue weighted by Crippen LogP contribution is 2.30. The molecule has 1 N–H and O–H groups in total. The van der Waals surface area contributed by atoms with Crippen molar-refractivity contribution in [2.24, 2.45) is 0 Å². The highest BCUT2D eigenvalue weighted by molar-refractivity contribution is 5.78. The van der Waals surface area contributed by atoms with E-state index in [1.54, 1.807) is 0 Å². The molecule has 2 aromatic heterocycles. The topological polar surface area (TPSA) is 80.9 Å². The summed E-state index contributed by atoms with van der Waals surface area (Å²) < 4.78 is 43.6. The second-order valence-corrected chi connectivity index (χ2v) is 6.07. The lowest BCUT2D eigenvalue weighted by molar-refractivity contribution is -0.141. The van der Waals surface area contributed by atoms with Crippen molar-refractivity contribution in [2.75, 3.05) is 0 Å². The van der Waals surface area contributed by atoms with Crippen LogP contribution in [0.25, 0.3) is 11.4 Å². The number of nitrogens with one attached hydrogen (secondary N) is 1. The van der Waals surface area contributed by atoms with Gasteiger partial charge in [-0.2, -0.15) is 18.2 Å². The highest BCUT2D eigenvalue weighted by Gasteiger charge is 2.33. The van der Waals surface area contributed by atoms with Gasteiger partial charge in [-0.05, 0) is 24.1 Å². The van der Waals surface area contributed by atoms with E-state index in [9.17, 15) is 18.0 Å². The zero-order valence-electron chi connectivity index (χ0n) is 14.9. The molecule has 3 rings (SSSR count). The summed E-state index contributed by atoms with van der Waals surface area (Å²) in [4.78, 5) is 19.7. The van der Waals surface area contributed by atoms with Crippen LogP contribution in [0.1, 0.15) is 36.5 Å². The Labute approximate surface area is 158 Å². The molecule has 0 fully saturated rings. The molecule has 28 heavy (non-hydrogen) atoms. The van der Waals surface area contributed by atoms with Gasteiger partial charge >= 0.3 is 6.18 Å². The number of nitrogens with zero attached hydrogens (tertiary/aromatic N) is 3. The van der Waals surface area contributed by atoms with Crippen LogP contribution in [-0.4, -0.2) is 21.0 Å². The molecule has 0 radical (unpaired) electrons. The smallest absolute Gasteiger partial charge is 0.344 e. The fourth-order valence-electron chi connectivity index (χ4n) is 2.58. The Bertz CT molecular complexity index is 942. The predicted molar refractivity (Wildman–Crippen MR) is 93.9 cm³/mol. The molecule has 1 atom stereocenters. The molecule has 0 aliphatic rings. The average molecular weight is 390 g/mol. The summed E-state index contributed by atoms with van der Waals surface area (Å²) >= 11 is 0. The molecule has 1 amide bonds. The third kappa shape index (κ3) is 4.73. The van der Waals surface area contributed by atoms with E-state index in [0.717, 1.165) is 17.8 Å². The lowest BCUT2D eigenvalue weighted by atomic mass is 10.1. The van der Waals surface area contributed by atoms with E-state index in [-0.39, 0.29) is 29.6 Å². The molecule has 3 aromatic rings. The lowest BCUT2D eigenvalue weighted by Crippen LogP contribution is -2.29. The first kappa shape index (κ1) is 19.5. The predicted octanol–water partition coefficient (Wildman–Crippen LogP) is 3.96. The molecule has 2 heterocycles. The Kier molecular flexibility index (Phi) is 5.72. The van der Waals surface area contributed by atoms with E-state index in [4.69, 9.17) is 4.52 Å². The highest BCUT2D eigenvalue weighted by atomic mass is 19.4. The number of carbonyl (C=O) groups excluding carboxylic acids is 1. The summed E-state index contributed by atoms with van der Waals surface area (Å²) in [6, 6.07) is 10.9. The van der Waals surface area contributed by atoms with Crippen molar-refractivity contribution in [3.63, 3.8) is 0 Å². The zero-order valence-corrected chi connectivity index (χ0v) is 14.9. The van der Waals surface area contributed by atoms with Crippen LogP contribution < -0.4 is 5.32 Å². The Morgan fingerprint density at radius 2 is 1.96 bits per heavy atom. The third-order valence-corrected chi connectivity index (χ3v) is 4.00. The Hall–Kier alpha value is -3.23. The fourth-order valence-corrected chi connectivity index (χ4v) is 2.58. The normalized spacial score (nSPS) is 12.6. The van der Waals surface area contributed by atoms with Crippen LogP contribution in [0.5, 0.6) is 0 Å². The van der Waals surface area contributed by atoms with E-state index in [0.29, 0.717) is 6.42 Å². The number of benzene rings is 1. The molecule has 0 bridgehead atoms. The number of aromatic nitrogens is 3. The van der Waals surface area contributed by atoms with E-state index in [1.165, 1.54) is 6.07 Å². The summed E-state index contributed by atoms with van der Waals surface area (Å²) in [5.74, 6) is -0.0935. The number of alkyl halides is 3. The summed E-state index contributed by atoms with van der Waals surface area (Å²) in [6.07, 6.45) is -2.86. The lowest BCUT2D eigenvalue weighted by Gasteiger charge is -2.12. The van der Waals surface area contributed by atoms with Gasteiger partial charge in [0.1, 0.15) is 11.7 Å². The molecule has 6 nitrogen and oxygen atoms in total. The second kappa shape index (κ2) is 8.20. The van der Waals surface area contributed by atoms with Crippen LogP contribution in [0.15, 0.2) is 53.2 Å². The van der Waals surface area contributed by atoms with Gasteiger partial charge in [0.25, 0.3) is 0 Å². The number of hydrogen-bond donors (Lipinski definition) is 1. The van der Waals surface area contributed by atoms with Gasteiger partial charge in [0.05, 0.1) is 6.42 Å². The molecular formula is C19H17F3N4O2. The molecule has 0 aliphatic heterocycles. The van der Waals surface area contributed by atoms with Crippen LogP contribution in [0, 0.1) is 0 Å². The number of pyridine rings is 1. The van der Waals surface area contributed by atoms with E-state index in [1.807, 2.05) is 37.3 Å². The molecule has 0 saturated carbocycles. The molecule has 0 saturated heterocycles. The van der Waals surface area contributed by atoms with Gasteiger partial charge in [0.2, 0.25) is 17.6 Å². The first-order valence-corrected chi connectivity index (χ1v) is 8.57. The Balaban J connectivity index is 1.73. The van der Waals surface area contributed by atoms with Crippen molar-refractivity contribution in [1.29, 1.82) is 0 Å². The molecule has 0 spiro atoms. The minimum absolute atomic E-state index is 0.00124. The van der Waals surface area contributed by atoms with E-state index >= 15 is 0 Å². The average Bonchev–Trinajstić information content (AvgIpc) is 3.16. The number of halogens is 3. The molecule has 9 heteroatoms. The first-order chi connectivity index (χ1) is 13.4. The second-order valence-electron chi connectivity index (χ2n) is 6.07. The Morgan fingerprint density at radius 3 is 2.64 bits per heavy atom. The maximum Gasteiger partial charge on any atom is 0.433 e. The van der Waals surface area contributed by atoms with Crippen LogP contribution in [-0.2, 0) is 17.4 Å². The molecule has 1 unspecified atom stereocenters. The monoisotopic (exact) mass is 390 g/mol. The van der Waals surface area contributed by atoms with Gasteiger partial charge in [0, 0.05) is 11.8 Å². The maximum atomic E-state index is 12.8. The van der Waals surface area contributed by atoms with Crippen LogP contribution in [0.2, 0.25) is 0 Å². The van der Waals surface area contributed by atoms with Crippen molar-refractivity contribution >= 4 is 5.91 Å². The SMILES string of the molecule is CCC(NC(=O)Cc1ccccc1)c1nc(-c2ccnc(C(F)(F)F)c2)no1. The largest absolute Gasteiger partial charge is 0.433 e. The summed E-state index contributed by atoms with van der Waals surface area (Å²) in [5, 5.41) is 6.54. The van der Waals surface area contributed by atoms with Gasteiger partial charge in [0.15, 0.2) is 0 Å². The summed E-state index contributed by atoms with van der Waals surface area (Å²) in [7, 11) is 0. The molecule has 146 valence electrons. The van der Waals surface area contributed by atoms with E-state index < -0.39 is 17.9 Å². The van der Waals surface area contributed by atoms with Gasteiger partial charge in [-0.15, -0.1) is 0 Å². The van der Waals surface area contributed by atoms with Gasteiger partial charge in [-0.25, -0.2) is 0 Å². The summed E-state index contributed by atoms with van der Waals surface area (Å²) in [5.41, 5.74) is -0.0557. The van der Waals surface area contributed by atoms with Crippen LogP contribution in [0.3, 0.4) is 0 Å². The van der Waals surface area contributed by atoms with Crippen molar-refractivity contribution in [3.05, 3.63) is 65.8 Å². The van der Waals surface area contributed by atoms with Gasteiger partial charge < -0.3 is 9.84 Å². The molecule has 0 aliphatic carbocycles. The van der Waals surface area contributed by atoms with Crippen molar-refractivity contribution in [3.8, 4) is 11.4 Å². The zero-order chi connectivity index (χ0) is 20.1. The van der Waals surface area contributed by atoms with Crippen molar-refractivity contribution < 1.29 is 22.5 Å². The van der Waals surface area contributed by atoms with Crippen LogP contribution >= 0.6 is 0 Å². The minimum atomic E-state index is -4.57. The van der Waals surface area contributed by atoms with Gasteiger partial charge in [-0.1, -0.05) is 42.4 Å². The third-order valence-electron chi connectivity index (χ3n) is 4.00. The van der Waals surface area contributed by atoms with E-state index in [2.05, 4.69) is 20.4 Å². The fraction of sp³-hybridized carbons (Fsp3) is 0.263. The Morgan fingerprint density at radius 1 is 1.21 bits per heavy atom. The first-order valence-electron chi connectivity index (χ1n) is 8.57. The number of carbonyl (C=O) groups is 1. The minimum Gasteiger partial charge on any atom is -0.344 e. The maximum absolute atomic E-state index is 12.8. The molecule has 1 aromatic carbocycles. The number of amides is 1. The van der Waals surface area contributed by atoms with Crippen molar-refractivity contribution in [2.45, 2.75) is 32.0 Å². The molecular weight excluding hydrogens is 373 g/mol. The van der Waals surface area contributed by atoms with Crippen molar-refractivity contribution in [1.82, 2.24) is 20.4 Å². The number of rotatable bonds is 6. The van der Waals surface area contributed by atoms with Gasteiger partial charge in [-0.3, -0.25) is 9.78 Å². The summed E-state index contributed by atoms with van der Waals surface area (Å²) in [6.45, 7) is 1.82.